The van der Waals surface area contributed by atoms with E-state index in [2.05, 4.69) is 21.4 Å². The number of carboxylic acids is 1. The number of hydrogen-bond acceptors (Lipinski definition) is 7. The van der Waals surface area contributed by atoms with Gasteiger partial charge < -0.3 is 15.7 Å². The maximum atomic E-state index is 12.6. The zero-order valence-corrected chi connectivity index (χ0v) is 20.9. The van der Waals surface area contributed by atoms with Crippen molar-refractivity contribution in [3.63, 3.8) is 0 Å². The van der Waals surface area contributed by atoms with E-state index >= 15 is 0 Å². The second-order valence-corrected chi connectivity index (χ2v) is 12.3. The number of aryl methyl sites for hydroxylation is 1. The summed E-state index contributed by atoms with van der Waals surface area (Å²) in [7, 11) is -4.03. The first-order chi connectivity index (χ1) is 16.3. The van der Waals surface area contributed by atoms with Gasteiger partial charge in [0.25, 0.3) is 5.91 Å². The molecule has 8 nitrogen and oxygen atoms in total. The van der Waals surface area contributed by atoms with Crippen LogP contribution in [0.25, 0.3) is 9.40 Å². The fraction of sp³-hybridized carbons (Fsp3) is 0.391. The van der Waals surface area contributed by atoms with E-state index in [4.69, 9.17) is 0 Å². The van der Waals surface area contributed by atoms with Gasteiger partial charge in [-0.25, -0.2) is 8.42 Å². The number of carbonyl (C=O) groups excluding carboxylic acids is 1. The first-order valence-electron chi connectivity index (χ1n) is 11.1. The molecule has 11 heteroatoms. The fourth-order valence-electron chi connectivity index (χ4n) is 3.95. The van der Waals surface area contributed by atoms with Crippen molar-refractivity contribution in [3.8, 4) is 0 Å². The van der Waals surface area contributed by atoms with Gasteiger partial charge in [-0.05, 0) is 69.0 Å². The number of thiophene rings is 2. The molecule has 2 aromatic heterocycles. The van der Waals surface area contributed by atoms with Crippen LogP contribution in [-0.2, 0) is 21.2 Å². The van der Waals surface area contributed by atoms with Gasteiger partial charge in [-0.3, -0.25) is 9.59 Å². The van der Waals surface area contributed by atoms with Gasteiger partial charge in [0, 0.05) is 20.8 Å². The summed E-state index contributed by atoms with van der Waals surface area (Å²) < 4.78 is 29.1. The van der Waals surface area contributed by atoms with Crippen LogP contribution < -0.4 is 15.4 Å². The maximum absolute atomic E-state index is 12.6. The Kier molecular flexibility index (Phi) is 7.99. The molecule has 0 spiro atoms. The van der Waals surface area contributed by atoms with E-state index < -0.39 is 27.9 Å². The van der Waals surface area contributed by atoms with E-state index in [1.807, 2.05) is 6.07 Å². The Labute approximate surface area is 206 Å². The number of nitrogens with one attached hydrogen (secondary N) is 3. The average molecular weight is 522 g/mol. The van der Waals surface area contributed by atoms with Crippen LogP contribution in [-0.4, -0.2) is 51.1 Å². The lowest BCUT2D eigenvalue weighted by molar-refractivity contribution is -0.138. The standard InChI is InChI=1S/C23H27N3O5S3/c27-22(25-14-18(23(28)29)26-34(30,31)17-4-2-1-3-5-17)21-13-20-19(33-21)12-16(32-20)7-6-15-8-10-24-11-9-15/h1-5,12-13,15,18,24,26H,6-11,14H2,(H,25,27)(H,28,29)/t18-/m0/s1. The minimum Gasteiger partial charge on any atom is -0.480 e. The van der Waals surface area contributed by atoms with Crippen molar-refractivity contribution in [2.75, 3.05) is 19.6 Å². The maximum Gasteiger partial charge on any atom is 0.323 e. The molecule has 0 aliphatic carbocycles. The van der Waals surface area contributed by atoms with E-state index in [9.17, 15) is 23.1 Å². The van der Waals surface area contributed by atoms with Crippen LogP contribution in [0.5, 0.6) is 0 Å². The van der Waals surface area contributed by atoms with Crippen LogP contribution >= 0.6 is 22.7 Å². The van der Waals surface area contributed by atoms with Crippen molar-refractivity contribution in [1.29, 1.82) is 0 Å². The third kappa shape index (κ3) is 6.22. The Balaban J connectivity index is 1.34. The Morgan fingerprint density at radius 1 is 1.09 bits per heavy atom. The molecule has 4 rings (SSSR count). The zero-order chi connectivity index (χ0) is 24.1. The van der Waals surface area contributed by atoms with Gasteiger partial charge in [-0.1, -0.05) is 18.2 Å². The second-order valence-electron chi connectivity index (χ2n) is 8.32. The third-order valence-electron chi connectivity index (χ3n) is 5.86. The molecule has 1 aliphatic heterocycles. The summed E-state index contributed by atoms with van der Waals surface area (Å²) in [6.07, 6.45) is 4.67. The number of carboxylic acid groups (broad SMARTS) is 1. The molecule has 1 fully saturated rings. The highest BCUT2D eigenvalue weighted by Crippen LogP contribution is 2.34. The lowest BCUT2D eigenvalue weighted by atomic mass is 9.93. The largest absolute Gasteiger partial charge is 0.480 e. The van der Waals surface area contributed by atoms with Crippen molar-refractivity contribution in [2.45, 2.75) is 36.6 Å². The first-order valence-corrected chi connectivity index (χ1v) is 14.2. The van der Waals surface area contributed by atoms with Crippen molar-refractivity contribution in [3.05, 3.63) is 52.2 Å². The van der Waals surface area contributed by atoms with Crippen molar-refractivity contribution in [2.24, 2.45) is 5.92 Å². The SMILES string of the molecule is O=C(NC[C@H](NS(=O)(=O)c1ccccc1)C(=O)O)c1cc2sc(CCC3CCNCC3)cc2s1. The number of sulfonamides is 1. The van der Waals surface area contributed by atoms with Crippen LogP contribution in [0, 0.1) is 5.92 Å². The highest BCUT2D eigenvalue weighted by molar-refractivity contribution is 7.89. The normalized spacial score (nSPS) is 15.9. The Bertz CT molecular complexity index is 1220. The number of piperidine rings is 1. The van der Waals surface area contributed by atoms with E-state index in [1.54, 1.807) is 29.5 Å². The summed E-state index contributed by atoms with van der Waals surface area (Å²) in [5.41, 5.74) is 0. The molecule has 1 saturated heterocycles. The minimum atomic E-state index is -4.03. The Morgan fingerprint density at radius 3 is 2.47 bits per heavy atom. The molecule has 1 aromatic carbocycles. The molecule has 34 heavy (non-hydrogen) atoms. The van der Waals surface area contributed by atoms with Gasteiger partial charge in [-0.2, -0.15) is 4.72 Å². The lowest BCUT2D eigenvalue weighted by Gasteiger charge is -2.22. The minimum absolute atomic E-state index is 0.0398. The zero-order valence-electron chi connectivity index (χ0n) is 18.5. The quantitative estimate of drug-likeness (QED) is 0.325. The third-order valence-corrected chi connectivity index (χ3v) is 9.69. The Hall–Kier alpha value is -2.31. The van der Waals surface area contributed by atoms with Crippen LogP contribution in [0.1, 0.15) is 33.8 Å². The molecule has 3 heterocycles. The summed E-state index contributed by atoms with van der Waals surface area (Å²) in [4.78, 5) is 26.0. The van der Waals surface area contributed by atoms with Gasteiger partial charge in [0.05, 0.1) is 9.77 Å². The topological polar surface area (TPSA) is 125 Å². The predicted octanol–water partition coefficient (Wildman–Crippen LogP) is 3.06. The van der Waals surface area contributed by atoms with Gasteiger partial charge in [0.15, 0.2) is 0 Å². The van der Waals surface area contributed by atoms with Gasteiger partial charge >= 0.3 is 5.97 Å². The summed E-state index contributed by atoms with van der Waals surface area (Å²) in [5, 5.41) is 15.4. The molecule has 0 bridgehead atoms. The molecule has 4 N–H and O–H groups in total. The van der Waals surface area contributed by atoms with Crippen LogP contribution in [0.4, 0.5) is 0 Å². The number of fused-ring (bicyclic) bond motifs is 1. The molecule has 0 unspecified atom stereocenters. The molecule has 1 atom stereocenters. The fourth-order valence-corrected chi connectivity index (χ4v) is 7.52. The van der Waals surface area contributed by atoms with Crippen LogP contribution in [0.3, 0.4) is 0 Å². The smallest absolute Gasteiger partial charge is 0.323 e. The van der Waals surface area contributed by atoms with Gasteiger partial charge in [0.1, 0.15) is 6.04 Å². The van der Waals surface area contributed by atoms with Crippen molar-refractivity contribution >= 4 is 54.0 Å². The summed E-state index contributed by atoms with van der Waals surface area (Å²) in [5.74, 6) is -1.02. The molecule has 0 saturated carbocycles. The van der Waals surface area contributed by atoms with E-state index in [0.717, 1.165) is 34.8 Å². The van der Waals surface area contributed by atoms with Crippen molar-refractivity contribution in [1.82, 2.24) is 15.4 Å². The molecule has 3 aromatic rings. The highest BCUT2D eigenvalue weighted by Gasteiger charge is 2.26. The number of hydrogen-bond donors (Lipinski definition) is 4. The molecule has 1 amide bonds. The van der Waals surface area contributed by atoms with E-state index in [1.165, 1.54) is 47.6 Å². The first kappa shape index (κ1) is 24.8. The number of benzene rings is 1. The predicted molar refractivity (Wildman–Crippen MR) is 134 cm³/mol. The number of aliphatic carboxylic acids is 1. The lowest BCUT2D eigenvalue weighted by Crippen LogP contribution is -2.48. The highest BCUT2D eigenvalue weighted by atomic mass is 32.2. The number of amides is 1. The van der Waals surface area contributed by atoms with E-state index in [0.29, 0.717) is 4.88 Å². The molecule has 0 radical (unpaired) electrons. The molecular formula is C23H27N3O5S3. The molecule has 1 aliphatic rings. The molecular weight excluding hydrogens is 494 g/mol. The van der Waals surface area contributed by atoms with Crippen LogP contribution in [0.2, 0.25) is 0 Å². The average Bonchev–Trinajstić information content (AvgIpc) is 3.40. The summed E-state index contributed by atoms with van der Waals surface area (Å²) >= 11 is 3.05. The number of carbonyl (C=O) groups is 2. The molecule has 182 valence electrons. The van der Waals surface area contributed by atoms with Gasteiger partial charge in [-0.15, -0.1) is 22.7 Å². The Morgan fingerprint density at radius 2 is 1.79 bits per heavy atom. The summed E-state index contributed by atoms with van der Waals surface area (Å²) in [6, 6.07) is 9.97. The summed E-state index contributed by atoms with van der Waals surface area (Å²) in [6.45, 7) is 1.82. The van der Waals surface area contributed by atoms with Gasteiger partial charge in [0.2, 0.25) is 10.0 Å². The number of rotatable bonds is 10. The van der Waals surface area contributed by atoms with E-state index in [-0.39, 0.29) is 11.4 Å². The monoisotopic (exact) mass is 521 g/mol. The second kappa shape index (κ2) is 11.0. The van der Waals surface area contributed by atoms with Crippen molar-refractivity contribution < 1.29 is 23.1 Å². The van der Waals surface area contributed by atoms with Crippen LogP contribution in [0.15, 0.2) is 47.4 Å².